The number of nitrogens with zero attached hydrogens (tertiary/aromatic N) is 2. The summed E-state index contributed by atoms with van der Waals surface area (Å²) in [5.41, 5.74) is 1.41. The van der Waals surface area contributed by atoms with Crippen molar-refractivity contribution in [2.45, 2.75) is 26.8 Å². The first kappa shape index (κ1) is 19.9. The summed E-state index contributed by atoms with van der Waals surface area (Å²) >= 11 is 3.34. The van der Waals surface area contributed by atoms with Crippen LogP contribution >= 0.6 is 15.9 Å². The monoisotopic (exact) mass is 441 g/mol. The molecule has 0 unspecified atom stereocenters. The fourth-order valence-electron chi connectivity index (χ4n) is 2.81. The third kappa shape index (κ3) is 4.72. The second-order valence-corrected chi connectivity index (χ2v) is 7.90. The quantitative estimate of drug-likeness (QED) is 0.585. The number of carbonyl (C=O) groups excluding carboxylic acids is 2. The number of hydrogen-bond acceptors (Lipinski definition) is 4. The van der Waals surface area contributed by atoms with Crippen LogP contribution in [0.15, 0.2) is 58.1 Å². The highest BCUT2D eigenvalue weighted by Crippen LogP contribution is 2.15. The lowest BCUT2D eigenvalue weighted by Crippen LogP contribution is -2.24. The van der Waals surface area contributed by atoms with Gasteiger partial charge in [0.05, 0.1) is 23.8 Å². The fourth-order valence-corrected chi connectivity index (χ4v) is 3.17. The molecule has 0 spiro atoms. The predicted molar refractivity (Wildman–Crippen MR) is 113 cm³/mol. The maximum Gasteiger partial charge on any atom is 0.261 e. The average molecular weight is 442 g/mol. The van der Waals surface area contributed by atoms with Gasteiger partial charge in [-0.05, 0) is 48.4 Å². The molecule has 7 heteroatoms. The molecule has 0 radical (unpaired) electrons. The van der Waals surface area contributed by atoms with Gasteiger partial charge in [-0.2, -0.15) is 0 Å². The molecular weight excluding hydrogens is 422 g/mol. The van der Waals surface area contributed by atoms with Crippen molar-refractivity contribution in [2.24, 2.45) is 5.92 Å². The summed E-state index contributed by atoms with van der Waals surface area (Å²) in [6.45, 7) is 3.85. The Hall–Kier alpha value is -2.80. The Bertz CT molecular complexity index is 1090. The van der Waals surface area contributed by atoms with Crippen LogP contribution < -0.4 is 10.9 Å². The number of ketones is 1. The van der Waals surface area contributed by atoms with E-state index in [2.05, 4.69) is 26.2 Å². The highest BCUT2D eigenvalue weighted by atomic mass is 79.9. The van der Waals surface area contributed by atoms with E-state index in [9.17, 15) is 14.4 Å². The Labute approximate surface area is 170 Å². The minimum Gasteiger partial charge on any atom is -0.326 e. The van der Waals surface area contributed by atoms with E-state index >= 15 is 0 Å². The Balaban J connectivity index is 1.74. The normalized spacial score (nSPS) is 11.0. The van der Waals surface area contributed by atoms with Gasteiger partial charge in [-0.1, -0.05) is 29.8 Å². The molecule has 0 saturated carbocycles. The van der Waals surface area contributed by atoms with Crippen molar-refractivity contribution in [1.82, 2.24) is 9.55 Å². The van der Waals surface area contributed by atoms with Gasteiger partial charge in [0.15, 0.2) is 5.78 Å². The largest absolute Gasteiger partial charge is 0.326 e. The van der Waals surface area contributed by atoms with Crippen molar-refractivity contribution in [3.63, 3.8) is 0 Å². The SMILES string of the molecule is CC(C)CC(=O)Nc1ccc(C(=O)Cn2cnc3ccc(Br)cc3c2=O)cc1. The average Bonchev–Trinajstić information content (AvgIpc) is 2.64. The molecule has 3 aromatic rings. The predicted octanol–water partition coefficient (Wildman–Crippen LogP) is 4.03. The Kier molecular flexibility index (Phi) is 6.04. The molecule has 0 bridgehead atoms. The van der Waals surface area contributed by atoms with E-state index in [0.717, 1.165) is 4.47 Å². The molecule has 1 aromatic heterocycles. The van der Waals surface area contributed by atoms with Crippen molar-refractivity contribution in [3.8, 4) is 0 Å². The molecule has 0 fully saturated rings. The second kappa shape index (κ2) is 8.48. The van der Waals surface area contributed by atoms with Gasteiger partial charge in [0.25, 0.3) is 5.56 Å². The van der Waals surface area contributed by atoms with Crippen molar-refractivity contribution in [1.29, 1.82) is 0 Å². The molecule has 0 saturated heterocycles. The number of halogens is 1. The number of carbonyl (C=O) groups is 2. The molecule has 1 N–H and O–H groups in total. The number of rotatable bonds is 6. The van der Waals surface area contributed by atoms with Crippen molar-refractivity contribution in [2.75, 3.05) is 5.32 Å². The third-order valence-corrected chi connectivity index (χ3v) is 4.68. The van der Waals surface area contributed by atoms with E-state index in [1.807, 2.05) is 19.9 Å². The Morgan fingerprint density at radius 3 is 2.54 bits per heavy atom. The molecule has 28 heavy (non-hydrogen) atoms. The zero-order valence-corrected chi connectivity index (χ0v) is 17.2. The summed E-state index contributed by atoms with van der Waals surface area (Å²) in [6.07, 6.45) is 1.83. The van der Waals surface area contributed by atoms with Crippen LogP contribution in [0.4, 0.5) is 5.69 Å². The number of fused-ring (bicyclic) bond motifs is 1. The van der Waals surface area contributed by atoms with Crippen molar-refractivity contribution < 1.29 is 9.59 Å². The topological polar surface area (TPSA) is 81.1 Å². The van der Waals surface area contributed by atoms with Gasteiger partial charge in [-0.15, -0.1) is 0 Å². The first-order chi connectivity index (χ1) is 13.3. The minimum absolute atomic E-state index is 0.0611. The number of nitrogens with one attached hydrogen (secondary N) is 1. The van der Waals surface area contributed by atoms with Crippen LogP contribution in [-0.4, -0.2) is 21.2 Å². The molecule has 1 amide bonds. The van der Waals surface area contributed by atoms with Gasteiger partial charge in [0.2, 0.25) is 5.91 Å². The van der Waals surface area contributed by atoms with Gasteiger partial charge in [0, 0.05) is 22.1 Å². The molecule has 2 aromatic carbocycles. The maximum atomic E-state index is 12.6. The second-order valence-electron chi connectivity index (χ2n) is 6.99. The Morgan fingerprint density at radius 1 is 1.14 bits per heavy atom. The summed E-state index contributed by atoms with van der Waals surface area (Å²) in [4.78, 5) is 41.2. The highest BCUT2D eigenvalue weighted by molar-refractivity contribution is 9.10. The summed E-state index contributed by atoms with van der Waals surface area (Å²) in [5.74, 6) is 0.00248. The molecule has 0 aliphatic rings. The van der Waals surface area contributed by atoms with Crippen LogP contribution in [0, 0.1) is 5.92 Å². The van der Waals surface area contributed by atoms with E-state index in [0.29, 0.717) is 28.6 Å². The standard InChI is InChI=1S/C21H20BrN3O3/c1-13(2)9-20(27)24-16-6-3-14(4-7-16)19(26)11-25-12-23-18-8-5-15(22)10-17(18)21(25)28/h3-8,10,12-13H,9,11H2,1-2H3,(H,24,27). The van der Waals surface area contributed by atoms with E-state index < -0.39 is 0 Å². The third-order valence-electron chi connectivity index (χ3n) is 4.18. The number of aromatic nitrogens is 2. The van der Waals surface area contributed by atoms with E-state index in [-0.39, 0.29) is 29.7 Å². The van der Waals surface area contributed by atoms with Crippen LogP contribution in [0.25, 0.3) is 10.9 Å². The van der Waals surface area contributed by atoms with E-state index in [1.54, 1.807) is 36.4 Å². The molecule has 6 nitrogen and oxygen atoms in total. The van der Waals surface area contributed by atoms with Gasteiger partial charge in [0.1, 0.15) is 0 Å². The Morgan fingerprint density at radius 2 is 1.86 bits per heavy atom. The smallest absolute Gasteiger partial charge is 0.261 e. The van der Waals surface area contributed by atoms with E-state index in [4.69, 9.17) is 0 Å². The summed E-state index contributed by atoms with van der Waals surface area (Å²) in [6, 6.07) is 11.9. The van der Waals surface area contributed by atoms with Gasteiger partial charge in [-0.25, -0.2) is 4.98 Å². The van der Waals surface area contributed by atoms with Crippen LogP contribution in [-0.2, 0) is 11.3 Å². The molecule has 0 aliphatic heterocycles. The summed E-state index contributed by atoms with van der Waals surface area (Å²) < 4.78 is 2.08. The molecule has 144 valence electrons. The molecule has 0 atom stereocenters. The maximum absolute atomic E-state index is 12.6. The van der Waals surface area contributed by atoms with Crippen LogP contribution in [0.1, 0.15) is 30.6 Å². The lowest BCUT2D eigenvalue weighted by atomic mass is 10.1. The fraction of sp³-hybridized carbons (Fsp3) is 0.238. The highest BCUT2D eigenvalue weighted by Gasteiger charge is 2.11. The lowest BCUT2D eigenvalue weighted by Gasteiger charge is -2.09. The number of benzene rings is 2. The number of hydrogen-bond donors (Lipinski definition) is 1. The van der Waals surface area contributed by atoms with Gasteiger partial charge < -0.3 is 5.32 Å². The zero-order chi connectivity index (χ0) is 20.3. The van der Waals surface area contributed by atoms with Crippen molar-refractivity contribution in [3.05, 3.63) is 69.2 Å². The number of anilines is 1. The molecule has 0 aliphatic carbocycles. The first-order valence-corrected chi connectivity index (χ1v) is 9.70. The minimum atomic E-state index is -0.266. The molecule has 3 rings (SSSR count). The van der Waals surface area contributed by atoms with Crippen LogP contribution in [0.3, 0.4) is 0 Å². The van der Waals surface area contributed by atoms with E-state index in [1.165, 1.54) is 10.9 Å². The van der Waals surface area contributed by atoms with Crippen LogP contribution in [0.5, 0.6) is 0 Å². The van der Waals surface area contributed by atoms with Crippen LogP contribution in [0.2, 0.25) is 0 Å². The molecule has 1 heterocycles. The zero-order valence-electron chi connectivity index (χ0n) is 15.6. The lowest BCUT2D eigenvalue weighted by molar-refractivity contribution is -0.116. The molecular formula is C21H20BrN3O3. The van der Waals surface area contributed by atoms with Gasteiger partial charge >= 0.3 is 0 Å². The first-order valence-electron chi connectivity index (χ1n) is 8.91. The number of Topliss-reactive ketones (excluding diaryl/α,β-unsaturated/α-hetero) is 1. The van der Waals surface area contributed by atoms with Crippen molar-refractivity contribution >= 4 is 44.2 Å². The summed E-state index contributed by atoms with van der Waals surface area (Å²) in [7, 11) is 0. The summed E-state index contributed by atoms with van der Waals surface area (Å²) in [5, 5.41) is 3.26. The number of amides is 1. The van der Waals surface area contributed by atoms with Gasteiger partial charge in [-0.3, -0.25) is 19.0 Å².